The predicted octanol–water partition coefficient (Wildman–Crippen LogP) is 5.21. The van der Waals surface area contributed by atoms with Crippen molar-refractivity contribution in [3.63, 3.8) is 0 Å². The van der Waals surface area contributed by atoms with E-state index in [1.807, 2.05) is 13.8 Å². The third-order valence-electron chi connectivity index (χ3n) is 5.71. The van der Waals surface area contributed by atoms with Crippen molar-refractivity contribution in [1.82, 2.24) is 14.9 Å². The first-order valence-electron chi connectivity index (χ1n) is 11.6. The summed E-state index contributed by atoms with van der Waals surface area (Å²) in [5.41, 5.74) is 0.446. The highest BCUT2D eigenvalue weighted by Crippen LogP contribution is 2.40. The summed E-state index contributed by atoms with van der Waals surface area (Å²) >= 11 is 6.28. The Morgan fingerprint density at radius 3 is 2.65 bits per heavy atom. The zero-order valence-corrected chi connectivity index (χ0v) is 21.2. The first-order valence-corrected chi connectivity index (χ1v) is 11.9. The fraction of sp³-hybridized carbons (Fsp3) is 0.308. The molecule has 1 aliphatic rings. The van der Waals surface area contributed by atoms with Crippen molar-refractivity contribution in [2.45, 2.75) is 38.8 Å². The van der Waals surface area contributed by atoms with E-state index >= 15 is 4.39 Å². The molecular weight excluding hydrogens is 505 g/mol. The van der Waals surface area contributed by atoms with Crippen molar-refractivity contribution in [3.05, 3.63) is 59.1 Å². The van der Waals surface area contributed by atoms with E-state index in [1.54, 1.807) is 12.1 Å². The molecule has 1 N–H and O–H groups in total. The minimum Gasteiger partial charge on any atom is -0.481 e. The summed E-state index contributed by atoms with van der Waals surface area (Å²) < 4.78 is 32.2. The molecule has 0 radical (unpaired) electrons. The number of ether oxygens (including phenoxy) is 3. The molecule has 1 atom stereocenters. The maximum Gasteiger partial charge on any atom is 0.326 e. The van der Waals surface area contributed by atoms with E-state index < -0.39 is 23.7 Å². The third-order valence-corrected chi connectivity index (χ3v) is 5.98. The molecule has 0 aliphatic carbocycles. The number of carboxylic acids is 1. The molecule has 37 heavy (non-hydrogen) atoms. The molecule has 1 aliphatic heterocycles. The van der Waals surface area contributed by atoms with Gasteiger partial charge < -0.3 is 24.2 Å². The monoisotopic (exact) mass is 529 g/mol. The number of rotatable bonds is 8. The SMILES string of the molecule is COc1ncccc1-c1cc(C(=O)N2CCC[C@H]2C(=O)O)c(F)cc1Oc1cnc(OC(C)C)c(Cl)c1. The number of aromatic nitrogens is 2. The number of pyridine rings is 2. The Labute approximate surface area is 217 Å². The van der Waals surface area contributed by atoms with Crippen LogP contribution in [0.1, 0.15) is 37.0 Å². The van der Waals surface area contributed by atoms with Gasteiger partial charge in [0.25, 0.3) is 5.91 Å². The van der Waals surface area contributed by atoms with Crippen molar-refractivity contribution in [2.75, 3.05) is 13.7 Å². The van der Waals surface area contributed by atoms with E-state index in [-0.39, 0.29) is 46.5 Å². The second kappa shape index (κ2) is 11.0. The zero-order valence-electron chi connectivity index (χ0n) is 20.4. The fourth-order valence-corrected chi connectivity index (χ4v) is 4.29. The van der Waals surface area contributed by atoms with Gasteiger partial charge in [0, 0.05) is 36.0 Å². The Morgan fingerprint density at radius 2 is 1.97 bits per heavy atom. The minimum atomic E-state index is -1.13. The molecular formula is C26H25ClFN3O6. The molecule has 11 heteroatoms. The predicted molar refractivity (Wildman–Crippen MR) is 133 cm³/mol. The number of benzene rings is 1. The van der Waals surface area contributed by atoms with E-state index in [0.29, 0.717) is 24.0 Å². The maximum atomic E-state index is 15.4. The quantitative estimate of drug-likeness (QED) is 0.423. The number of halogens is 2. The molecule has 194 valence electrons. The Hall–Kier alpha value is -3.92. The summed E-state index contributed by atoms with van der Waals surface area (Å²) in [5, 5.41) is 9.69. The Bertz CT molecular complexity index is 1340. The Balaban J connectivity index is 1.79. The largest absolute Gasteiger partial charge is 0.481 e. The molecule has 0 spiro atoms. The van der Waals surface area contributed by atoms with E-state index in [9.17, 15) is 14.7 Å². The molecule has 1 aromatic carbocycles. The number of carbonyl (C=O) groups is 2. The molecule has 0 bridgehead atoms. The number of hydrogen-bond donors (Lipinski definition) is 1. The summed E-state index contributed by atoms with van der Waals surface area (Å²) in [6.07, 6.45) is 3.58. The lowest BCUT2D eigenvalue weighted by Crippen LogP contribution is -2.40. The van der Waals surface area contributed by atoms with Crippen molar-refractivity contribution < 1.29 is 33.3 Å². The molecule has 2 aromatic heterocycles. The highest BCUT2D eigenvalue weighted by Gasteiger charge is 2.36. The molecule has 1 saturated heterocycles. The van der Waals surface area contributed by atoms with Crippen LogP contribution in [0.2, 0.25) is 5.02 Å². The molecule has 9 nitrogen and oxygen atoms in total. The van der Waals surface area contributed by atoms with E-state index in [2.05, 4.69) is 9.97 Å². The molecule has 0 saturated carbocycles. The molecule has 3 aromatic rings. The van der Waals surface area contributed by atoms with Crippen molar-refractivity contribution in [2.24, 2.45) is 0 Å². The van der Waals surface area contributed by atoms with Crippen molar-refractivity contribution in [1.29, 1.82) is 0 Å². The minimum absolute atomic E-state index is 0.0481. The number of aliphatic carboxylic acids is 1. The zero-order chi connectivity index (χ0) is 26.7. The number of carboxylic acid groups (broad SMARTS) is 1. The van der Waals surface area contributed by atoms with Crippen LogP contribution in [-0.4, -0.2) is 57.7 Å². The van der Waals surface area contributed by atoms with E-state index in [1.165, 1.54) is 36.5 Å². The summed E-state index contributed by atoms with van der Waals surface area (Å²) in [4.78, 5) is 34.4. The Morgan fingerprint density at radius 1 is 1.19 bits per heavy atom. The van der Waals surface area contributed by atoms with Gasteiger partial charge in [-0.25, -0.2) is 19.2 Å². The number of methoxy groups -OCH3 is 1. The smallest absolute Gasteiger partial charge is 0.326 e. The van der Waals surface area contributed by atoms with Crippen LogP contribution in [0, 0.1) is 5.82 Å². The lowest BCUT2D eigenvalue weighted by atomic mass is 10.0. The number of carbonyl (C=O) groups excluding carboxylic acids is 1. The molecule has 0 unspecified atom stereocenters. The van der Waals surface area contributed by atoms with Crippen LogP contribution < -0.4 is 14.2 Å². The van der Waals surface area contributed by atoms with Crippen LogP contribution in [0.15, 0.2) is 42.7 Å². The summed E-state index contributed by atoms with van der Waals surface area (Å²) in [5.74, 6) is -2.03. The summed E-state index contributed by atoms with van der Waals surface area (Å²) in [6.45, 7) is 3.89. The van der Waals surface area contributed by atoms with Crippen LogP contribution in [-0.2, 0) is 4.79 Å². The molecule has 3 heterocycles. The van der Waals surface area contributed by atoms with Gasteiger partial charge in [-0.05, 0) is 44.9 Å². The van der Waals surface area contributed by atoms with Gasteiger partial charge in [0.15, 0.2) is 0 Å². The van der Waals surface area contributed by atoms with Gasteiger partial charge in [0.2, 0.25) is 11.8 Å². The van der Waals surface area contributed by atoms with Crippen LogP contribution in [0.4, 0.5) is 4.39 Å². The molecule has 4 rings (SSSR count). The highest BCUT2D eigenvalue weighted by molar-refractivity contribution is 6.31. The fourth-order valence-electron chi connectivity index (χ4n) is 4.09. The van der Waals surface area contributed by atoms with Crippen LogP contribution in [0.5, 0.6) is 23.3 Å². The molecule has 1 amide bonds. The summed E-state index contributed by atoms with van der Waals surface area (Å²) in [7, 11) is 1.43. The second-order valence-electron chi connectivity index (χ2n) is 8.61. The highest BCUT2D eigenvalue weighted by atomic mass is 35.5. The normalized spacial score (nSPS) is 15.1. The first-order chi connectivity index (χ1) is 17.7. The average Bonchev–Trinajstić information content (AvgIpc) is 3.36. The topological polar surface area (TPSA) is 111 Å². The van der Waals surface area contributed by atoms with Gasteiger partial charge in [-0.2, -0.15) is 0 Å². The van der Waals surface area contributed by atoms with E-state index in [4.69, 9.17) is 25.8 Å². The van der Waals surface area contributed by atoms with Crippen molar-refractivity contribution >= 4 is 23.5 Å². The van der Waals surface area contributed by atoms with Gasteiger partial charge in [0.1, 0.15) is 28.4 Å². The van der Waals surface area contributed by atoms with Crippen LogP contribution >= 0.6 is 11.6 Å². The third kappa shape index (κ3) is 5.59. The summed E-state index contributed by atoms with van der Waals surface area (Å²) in [6, 6.07) is 6.18. The standard InChI is InChI=1S/C26H25ClFN3O6/c1-14(2)36-24-19(27)10-15(13-30-24)37-22-12-20(28)18(25(32)31-9-5-7-21(31)26(33)34)11-17(22)16-6-4-8-29-23(16)35-3/h4,6,8,10-14,21H,5,7,9H2,1-3H3,(H,33,34)/t21-/m0/s1. The van der Waals surface area contributed by atoms with Gasteiger partial charge in [-0.15, -0.1) is 0 Å². The van der Waals surface area contributed by atoms with Crippen LogP contribution in [0.25, 0.3) is 11.1 Å². The van der Waals surface area contributed by atoms with Gasteiger partial charge in [-0.3, -0.25) is 4.79 Å². The van der Waals surface area contributed by atoms with Crippen LogP contribution in [0.3, 0.4) is 0 Å². The lowest BCUT2D eigenvalue weighted by Gasteiger charge is -2.23. The van der Waals surface area contributed by atoms with Gasteiger partial charge in [0.05, 0.1) is 25.0 Å². The number of nitrogens with zero attached hydrogens (tertiary/aromatic N) is 3. The van der Waals surface area contributed by atoms with Gasteiger partial charge in [-0.1, -0.05) is 11.6 Å². The van der Waals surface area contributed by atoms with Gasteiger partial charge >= 0.3 is 5.97 Å². The maximum absolute atomic E-state index is 15.4. The number of amides is 1. The lowest BCUT2D eigenvalue weighted by molar-refractivity contribution is -0.141. The Kier molecular flexibility index (Phi) is 7.77. The molecule has 1 fully saturated rings. The second-order valence-corrected chi connectivity index (χ2v) is 9.02. The average molecular weight is 530 g/mol. The van der Waals surface area contributed by atoms with Crippen molar-refractivity contribution in [3.8, 4) is 34.4 Å². The number of likely N-dealkylation sites (tertiary alicyclic amines) is 1. The number of hydrogen-bond acceptors (Lipinski definition) is 7. The first kappa shape index (κ1) is 26.2. The van der Waals surface area contributed by atoms with E-state index in [0.717, 1.165) is 6.07 Å².